The normalized spacial score (nSPS) is 12.8. The number of carbonyl (C=O) groups is 1. The second-order valence-corrected chi connectivity index (χ2v) is 8.67. The van der Waals surface area contributed by atoms with Crippen LogP contribution >= 0.6 is 15.9 Å². The van der Waals surface area contributed by atoms with Crippen molar-refractivity contribution < 1.29 is 27.1 Å². The lowest BCUT2D eigenvalue weighted by Crippen LogP contribution is -2.39. The number of hydrogen-bond acceptors (Lipinski definition) is 4. The molecule has 2 N–H and O–H groups in total. The van der Waals surface area contributed by atoms with E-state index in [0.29, 0.717) is 4.47 Å². The zero-order valence-corrected chi connectivity index (χ0v) is 16.6. The summed E-state index contributed by atoms with van der Waals surface area (Å²) in [7, 11) is -2.60. The smallest absolute Gasteiger partial charge is 0.243 e. The molecule has 27 heavy (non-hydrogen) atoms. The molecule has 0 aliphatic rings. The SMILES string of the molecule is CN(CC(=O)NCC(O)c1ccc(F)c(F)c1)S(=O)(=O)c1ccc(Br)cc1. The Morgan fingerprint density at radius 1 is 1.19 bits per heavy atom. The topological polar surface area (TPSA) is 86.7 Å². The Labute approximate surface area is 164 Å². The van der Waals surface area contributed by atoms with Crippen LogP contribution in [-0.4, -0.2) is 43.9 Å². The van der Waals surface area contributed by atoms with Gasteiger partial charge in [-0.05, 0) is 42.0 Å². The molecule has 0 radical (unpaired) electrons. The number of benzene rings is 2. The third kappa shape index (κ3) is 5.55. The van der Waals surface area contributed by atoms with E-state index in [4.69, 9.17) is 0 Å². The first-order valence-electron chi connectivity index (χ1n) is 7.73. The van der Waals surface area contributed by atoms with E-state index in [2.05, 4.69) is 21.2 Å². The van der Waals surface area contributed by atoms with Gasteiger partial charge in [0.05, 0.1) is 17.5 Å². The second-order valence-electron chi connectivity index (χ2n) is 5.71. The van der Waals surface area contributed by atoms with Gasteiger partial charge in [0.15, 0.2) is 11.6 Å². The van der Waals surface area contributed by atoms with Gasteiger partial charge in [0.25, 0.3) is 0 Å². The molecule has 146 valence electrons. The highest BCUT2D eigenvalue weighted by Crippen LogP contribution is 2.18. The number of nitrogens with one attached hydrogen (secondary N) is 1. The molecule has 0 saturated heterocycles. The summed E-state index contributed by atoms with van der Waals surface area (Å²) in [6.45, 7) is -0.751. The highest BCUT2D eigenvalue weighted by atomic mass is 79.9. The highest BCUT2D eigenvalue weighted by molar-refractivity contribution is 9.10. The first-order valence-corrected chi connectivity index (χ1v) is 9.96. The predicted octanol–water partition coefficient (Wildman–Crippen LogP) is 2.20. The fourth-order valence-corrected chi connectivity index (χ4v) is 3.57. The number of hydrogen-bond donors (Lipinski definition) is 2. The zero-order valence-electron chi connectivity index (χ0n) is 14.2. The van der Waals surface area contributed by atoms with Crippen molar-refractivity contribution in [2.75, 3.05) is 20.1 Å². The van der Waals surface area contributed by atoms with Gasteiger partial charge in [-0.15, -0.1) is 0 Å². The molecule has 2 aromatic rings. The van der Waals surface area contributed by atoms with E-state index in [1.54, 1.807) is 12.1 Å². The summed E-state index contributed by atoms with van der Waals surface area (Å²) in [5.74, 6) is -2.81. The standard InChI is InChI=1S/C17H17BrF2N2O4S/c1-22(27(25,26)13-5-3-12(18)4-6-13)10-17(24)21-9-16(23)11-2-7-14(19)15(20)8-11/h2-8,16,23H,9-10H2,1H3,(H,21,24). The van der Waals surface area contributed by atoms with E-state index in [0.717, 1.165) is 16.4 Å². The van der Waals surface area contributed by atoms with Crippen molar-refractivity contribution in [2.45, 2.75) is 11.0 Å². The number of rotatable bonds is 7. The minimum atomic E-state index is -3.85. The Hall–Kier alpha value is -1.88. The second kappa shape index (κ2) is 8.87. The summed E-state index contributed by atoms with van der Waals surface area (Å²) in [5.41, 5.74) is 0.0880. The number of carbonyl (C=O) groups excluding carboxylic acids is 1. The van der Waals surface area contributed by atoms with E-state index < -0.39 is 40.2 Å². The third-order valence-electron chi connectivity index (χ3n) is 3.71. The lowest BCUT2D eigenvalue weighted by atomic mass is 10.1. The van der Waals surface area contributed by atoms with Crippen molar-refractivity contribution in [3.63, 3.8) is 0 Å². The Balaban J connectivity index is 1.94. The maximum absolute atomic E-state index is 13.2. The molecule has 2 rings (SSSR count). The summed E-state index contributed by atoms with van der Waals surface area (Å²) in [6.07, 6.45) is -1.27. The molecule has 6 nitrogen and oxygen atoms in total. The Bertz CT molecular complexity index is 923. The van der Waals surface area contributed by atoms with Gasteiger partial charge in [0.1, 0.15) is 0 Å². The van der Waals surface area contributed by atoms with Crippen molar-refractivity contribution in [1.29, 1.82) is 0 Å². The van der Waals surface area contributed by atoms with Gasteiger partial charge in [-0.2, -0.15) is 4.31 Å². The van der Waals surface area contributed by atoms with Crippen molar-refractivity contribution in [1.82, 2.24) is 9.62 Å². The van der Waals surface area contributed by atoms with Crippen LogP contribution in [0.15, 0.2) is 51.8 Å². The van der Waals surface area contributed by atoms with E-state index in [1.165, 1.54) is 25.2 Å². The van der Waals surface area contributed by atoms with Crippen molar-refractivity contribution in [3.05, 3.63) is 64.1 Å². The fourth-order valence-electron chi connectivity index (χ4n) is 2.18. The minimum Gasteiger partial charge on any atom is -0.387 e. The first-order chi connectivity index (χ1) is 12.6. The molecular formula is C17H17BrF2N2O4S. The van der Waals surface area contributed by atoms with Crippen molar-refractivity contribution >= 4 is 31.9 Å². The third-order valence-corrected chi connectivity index (χ3v) is 6.06. The number of nitrogens with zero attached hydrogens (tertiary/aromatic N) is 1. The monoisotopic (exact) mass is 462 g/mol. The molecule has 1 amide bonds. The number of halogens is 3. The summed E-state index contributed by atoms with van der Waals surface area (Å²) in [4.78, 5) is 12.0. The molecule has 0 saturated carbocycles. The van der Waals surface area contributed by atoms with Crippen LogP contribution in [0.3, 0.4) is 0 Å². The molecule has 0 heterocycles. The van der Waals surface area contributed by atoms with Crippen LogP contribution in [0.2, 0.25) is 0 Å². The van der Waals surface area contributed by atoms with Gasteiger partial charge in [0.2, 0.25) is 15.9 Å². The van der Waals surface area contributed by atoms with Crippen molar-refractivity contribution in [3.8, 4) is 0 Å². The predicted molar refractivity (Wildman–Crippen MR) is 98.3 cm³/mol. The number of amides is 1. The summed E-state index contributed by atoms with van der Waals surface area (Å²) in [5, 5.41) is 12.3. The molecule has 0 aromatic heterocycles. The van der Waals surface area contributed by atoms with Gasteiger partial charge in [0, 0.05) is 18.1 Å². The number of sulfonamides is 1. The number of aliphatic hydroxyl groups excluding tert-OH is 1. The Morgan fingerprint density at radius 3 is 2.41 bits per heavy atom. The molecule has 1 atom stereocenters. The van der Waals surface area contributed by atoms with Crippen LogP contribution in [0.4, 0.5) is 8.78 Å². The largest absolute Gasteiger partial charge is 0.387 e. The maximum atomic E-state index is 13.2. The average molecular weight is 463 g/mol. The Kier molecular flexibility index (Phi) is 7.04. The number of likely N-dealkylation sites (N-methyl/N-ethyl adjacent to an activating group) is 1. The van der Waals surface area contributed by atoms with E-state index in [9.17, 15) is 27.1 Å². The summed E-state index contributed by atoms with van der Waals surface area (Å²) >= 11 is 3.21. The molecular weight excluding hydrogens is 446 g/mol. The Morgan fingerprint density at radius 2 is 1.81 bits per heavy atom. The van der Waals surface area contributed by atoms with Crippen LogP contribution in [0.1, 0.15) is 11.7 Å². The van der Waals surface area contributed by atoms with Crippen LogP contribution in [-0.2, 0) is 14.8 Å². The molecule has 10 heteroatoms. The van der Waals surface area contributed by atoms with Gasteiger partial charge in [-0.3, -0.25) is 4.79 Å². The van der Waals surface area contributed by atoms with E-state index >= 15 is 0 Å². The van der Waals surface area contributed by atoms with Gasteiger partial charge in [-0.1, -0.05) is 22.0 Å². The first kappa shape index (κ1) is 21.4. The molecule has 0 fully saturated rings. The summed E-state index contributed by atoms with van der Waals surface area (Å²) < 4.78 is 52.5. The molecule has 1 unspecified atom stereocenters. The maximum Gasteiger partial charge on any atom is 0.243 e. The lowest BCUT2D eigenvalue weighted by Gasteiger charge is -2.18. The van der Waals surface area contributed by atoms with Gasteiger partial charge >= 0.3 is 0 Å². The van der Waals surface area contributed by atoms with Gasteiger partial charge in [-0.25, -0.2) is 17.2 Å². The van der Waals surface area contributed by atoms with E-state index in [-0.39, 0.29) is 17.0 Å². The van der Waals surface area contributed by atoms with Gasteiger partial charge < -0.3 is 10.4 Å². The number of aliphatic hydroxyl groups is 1. The molecule has 0 aliphatic heterocycles. The molecule has 0 bridgehead atoms. The highest BCUT2D eigenvalue weighted by Gasteiger charge is 2.23. The fraction of sp³-hybridized carbons (Fsp3) is 0.235. The average Bonchev–Trinajstić information content (AvgIpc) is 2.62. The minimum absolute atomic E-state index is 0.0304. The van der Waals surface area contributed by atoms with Crippen molar-refractivity contribution in [2.24, 2.45) is 0 Å². The molecule has 0 aliphatic carbocycles. The molecule has 2 aromatic carbocycles. The lowest BCUT2D eigenvalue weighted by molar-refractivity contribution is -0.121. The molecule has 0 spiro atoms. The van der Waals surface area contributed by atoms with E-state index in [1.807, 2.05) is 0 Å². The quantitative estimate of drug-likeness (QED) is 0.660. The van der Waals surface area contributed by atoms with Crippen LogP contribution in [0, 0.1) is 11.6 Å². The zero-order chi connectivity index (χ0) is 20.2. The van der Waals surface area contributed by atoms with Crippen LogP contribution in [0.25, 0.3) is 0 Å². The summed E-state index contributed by atoms with van der Waals surface area (Å²) in [6, 6.07) is 8.84. The van der Waals surface area contributed by atoms with Crippen LogP contribution < -0.4 is 5.32 Å². The van der Waals surface area contributed by atoms with Crippen LogP contribution in [0.5, 0.6) is 0 Å².